The van der Waals surface area contributed by atoms with Gasteiger partial charge >= 0.3 is 5.97 Å². The zero-order valence-corrected chi connectivity index (χ0v) is 9.67. The molecule has 0 aromatic heterocycles. The van der Waals surface area contributed by atoms with Gasteiger partial charge in [0.05, 0.1) is 12.5 Å². The van der Waals surface area contributed by atoms with Crippen molar-refractivity contribution in [2.75, 3.05) is 11.4 Å². The van der Waals surface area contributed by atoms with E-state index in [4.69, 9.17) is 10.8 Å². The van der Waals surface area contributed by atoms with Gasteiger partial charge in [-0.15, -0.1) is 0 Å². The van der Waals surface area contributed by atoms with Crippen molar-refractivity contribution in [3.05, 3.63) is 23.8 Å². The molecule has 6 heteroatoms. The summed E-state index contributed by atoms with van der Waals surface area (Å²) in [5, 5.41) is 18.0. The number of aromatic hydroxyl groups is 1. The molecule has 1 aliphatic heterocycles. The van der Waals surface area contributed by atoms with Gasteiger partial charge in [-0.25, -0.2) is 0 Å². The molecule has 6 nitrogen and oxygen atoms in total. The zero-order valence-electron chi connectivity index (χ0n) is 9.67. The van der Waals surface area contributed by atoms with Gasteiger partial charge in [-0.2, -0.15) is 0 Å². The highest BCUT2D eigenvalue weighted by Crippen LogP contribution is 2.31. The van der Waals surface area contributed by atoms with Crippen molar-refractivity contribution in [3.63, 3.8) is 0 Å². The maximum atomic E-state index is 12.0. The minimum absolute atomic E-state index is 0.151. The first kappa shape index (κ1) is 12.4. The Labute approximate surface area is 104 Å². The molecule has 1 aromatic rings. The molecule has 4 N–H and O–H groups in total. The second kappa shape index (κ2) is 4.66. The van der Waals surface area contributed by atoms with E-state index < -0.39 is 17.9 Å². The van der Waals surface area contributed by atoms with Crippen LogP contribution in [-0.4, -0.2) is 34.7 Å². The van der Waals surface area contributed by atoms with E-state index in [2.05, 4.69) is 0 Å². The number of nitrogens with two attached hydrogens (primary N) is 1. The van der Waals surface area contributed by atoms with Crippen LogP contribution >= 0.6 is 0 Å². The van der Waals surface area contributed by atoms with Gasteiger partial charge in [-0.3, -0.25) is 9.59 Å². The number of phenolic OH excluding ortho intramolecular Hbond substituents is 1. The predicted octanol–water partition coefficient (Wildman–Crippen LogP) is 0.0833. The highest BCUT2D eigenvalue weighted by Gasteiger charge is 2.29. The summed E-state index contributed by atoms with van der Waals surface area (Å²) in [6, 6.07) is 3.70. The van der Waals surface area contributed by atoms with Crippen molar-refractivity contribution in [1.29, 1.82) is 0 Å². The number of amides is 1. The molecule has 0 radical (unpaired) electrons. The van der Waals surface area contributed by atoms with Gasteiger partial charge in [0.2, 0.25) is 5.91 Å². The van der Waals surface area contributed by atoms with E-state index in [-0.39, 0.29) is 12.2 Å². The standard InChI is InChI=1S/C12H14N2O4/c13-9(6-11(16)17)12(18)14-4-3-7-5-8(15)1-2-10(7)14/h1-2,5,9,15H,3-4,6,13H2,(H,16,17)/t9-/m1/s1. The molecule has 1 atom stereocenters. The van der Waals surface area contributed by atoms with Gasteiger partial charge in [0.15, 0.2) is 0 Å². The number of carboxylic acids is 1. The molecule has 1 amide bonds. The van der Waals surface area contributed by atoms with Crippen LogP contribution in [0.25, 0.3) is 0 Å². The fourth-order valence-corrected chi connectivity index (χ4v) is 2.09. The molecule has 0 bridgehead atoms. The molecule has 96 valence electrons. The van der Waals surface area contributed by atoms with Crippen LogP contribution in [0.15, 0.2) is 18.2 Å². The van der Waals surface area contributed by atoms with Crippen molar-refractivity contribution >= 4 is 17.6 Å². The monoisotopic (exact) mass is 250 g/mol. The molecule has 2 rings (SSSR count). The van der Waals surface area contributed by atoms with E-state index >= 15 is 0 Å². The molecule has 0 fully saturated rings. The largest absolute Gasteiger partial charge is 0.508 e. The van der Waals surface area contributed by atoms with E-state index in [1.165, 1.54) is 11.0 Å². The van der Waals surface area contributed by atoms with Crippen molar-refractivity contribution in [3.8, 4) is 5.75 Å². The number of benzene rings is 1. The molecular formula is C12H14N2O4. The zero-order chi connectivity index (χ0) is 13.3. The second-order valence-corrected chi connectivity index (χ2v) is 4.26. The number of carbonyl (C=O) groups is 2. The Morgan fingerprint density at radius 3 is 2.83 bits per heavy atom. The summed E-state index contributed by atoms with van der Waals surface area (Å²) < 4.78 is 0. The molecule has 0 saturated heterocycles. The Morgan fingerprint density at radius 2 is 2.17 bits per heavy atom. The molecular weight excluding hydrogens is 236 g/mol. The molecule has 18 heavy (non-hydrogen) atoms. The lowest BCUT2D eigenvalue weighted by molar-refractivity contribution is -0.139. The van der Waals surface area contributed by atoms with Gasteiger partial charge in [0.1, 0.15) is 5.75 Å². The van der Waals surface area contributed by atoms with Gasteiger partial charge in [0, 0.05) is 12.2 Å². The molecule has 1 aromatic carbocycles. The lowest BCUT2D eigenvalue weighted by Crippen LogP contribution is -2.44. The van der Waals surface area contributed by atoms with Crippen LogP contribution in [0.3, 0.4) is 0 Å². The number of anilines is 1. The van der Waals surface area contributed by atoms with E-state index in [0.717, 1.165) is 5.56 Å². The summed E-state index contributed by atoms with van der Waals surface area (Å²) in [6.45, 7) is 0.463. The van der Waals surface area contributed by atoms with Gasteiger partial charge in [-0.1, -0.05) is 0 Å². The van der Waals surface area contributed by atoms with Crippen LogP contribution in [0.4, 0.5) is 5.69 Å². The SMILES string of the molecule is N[C@H](CC(=O)O)C(=O)N1CCc2cc(O)ccc21. The number of phenols is 1. The Hall–Kier alpha value is -2.08. The predicted molar refractivity (Wildman–Crippen MR) is 64.4 cm³/mol. The molecule has 0 aliphatic carbocycles. The third-order valence-corrected chi connectivity index (χ3v) is 2.94. The van der Waals surface area contributed by atoms with Crippen LogP contribution < -0.4 is 10.6 Å². The second-order valence-electron chi connectivity index (χ2n) is 4.26. The van der Waals surface area contributed by atoms with E-state index in [9.17, 15) is 14.7 Å². The minimum Gasteiger partial charge on any atom is -0.508 e. The number of nitrogens with zero attached hydrogens (tertiary/aromatic N) is 1. The van der Waals surface area contributed by atoms with Crippen molar-refractivity contribution < 1.29 is 19.8 Å². The number of carboxylic acid groups (broad SMARTS) is 1. The van der Waals surface area contributed by atoms with E-state index in [1.807, 2.05) is 0 Å². The lowest BCUT2D eigenvalue weighted by atomic mass is 10.1. The number of fused-ring (bicyclic) bond motifs is 1. The Bertz CT molecular complexity index is 501. The molecule has 0 spiro atoms. The van der Waals surface area contributed by atoms with Crippen LogP contribution in [0, 0.1) is 0 Å². The van der Waals surface area contributed by atoms with Crippen LogP contribution in [0.2, 0.25) is 0 Å². The molecule has 0 unspecified atom stereocenters. The highest BCUT2D eigenvalue weighted by molar-refractivity contribution is 6.00. The van der Waals surface area contributed by atoms with Gasteiger partial charge in [-0.05, 0) is 30.2 Å². The Balaban J connectivity index is 2.18. The maximum absolute atomic E-state index is 12.0. The minimum atomic E-state index is -1.10. The van der Waals surface area contributed by atoms with Crippen molar-refractivity contribution in [1.82, 2.24) is 0 Å². The quantitative estimate of drug-likeness (QED) is 0.705. The summed E-state index contributed by atoms with van der Waals surface area (Å²) in [4.78, 5) is 24.0. The van der Waals surface area contributed by atoms with Crippen molar-refractivity contribution in [2.24, 2.45) is 5.73 Å². The first-order valence-corrected chi connectivity index (χ1v) is 5.59. The maximum Gasteiger partial charge on any atom is 0.305 e. The van der Waals surface area contributed by atoms with Gasteiger partial charge in [0.25, 0.3) is 0 Å². The number of hydrogen-bond acceptors (Lipinski definition) is 4. The summed E-state index contributed by atoms with van der Waals surface area (Å²) in [6.07, 6.45) is 0.248. The summed E-state index contributed by atoms with van der Waals surface area (Å²) in [5.41, 5.74) is 7.12. The molecule has 1 heterocycles. The Morgan fingerprint density at radius 1 is 1.44 bits per heavy atom. The van der Waals surface area contributed by atoms with Crippen LogP contribution in [0.5, 0.6) is 5.75 Å². The molecule has 1 aliphatic rings. The normalized spacial score (nSPS) is 15.3. The molecule has 0 saturated carbocycles. The summed E-state index contributed by atoms with van der Waals surface area (Å²) >= 11 is 0. The third kappa shape index (κ3) is 2.28. The van der Waals surface area contributed by atoms with Crippen molar-refractivity contribution in [2.45, 2.75) is 18.9 Å². The highest BCUT2D eigenvalue weighted by atomic mass is 16.4. The van der Waals surface area contributed by atoms with Gasteiger partial charge < -0.3 is 20.8 Å². The lowest BCUT2D eigenvalue weighted by Gasteiger charge is -2.20. The fraction of sp³-hybridized carbons (Fsp3) is 0.333. The number of hydrogen-bond donors (Lipinski definition) is 3. The number of aliphatic carboxylic acids is 1. The van der Waals surface area contributed by atoms with Crippen LogP contribution in [-0.2, 0) is 16.0 Å². The fourth-order valence-electron chi connectivity index (χ4n) is 2.09. The van der Waals surface area contributed by atoms with Crippen LogP contribution in [0.1, 0.15) is 12.0 Å². The number of rotatable bonds is 3. The smallest absolute Gasteiger partial charge is 0.305 e. The third-order valence-electron chi connectivity index (χ3n) is 2.94. The number of carbonyl (C=O) groups excluding carboxylic acids is 1. The van der Waals surface area contributed by atoms with E-state index in [1.54, 1.807) is 12.1 Å². The topological polar surface area (TPSA) is 104 Å². The average Bonchev–Trinajstić information content (AvgIpc) is 2.69. The average molecular weight is 250 g/mol. The first-order chi connectivity index (χ1) is 8.49. The Kier molecular flexibility index (Phi) is 3.20. The summed E-state index contributed by atoms with van der Waals surface area (Å²) in [5.74, 6) is -1.35. The first-order valence-electron chi connectivity index (χ1n) is 5.59. The summed E-state index contributed by atoms with van der Waals surface area (Å²) in [7, 11) is 0. The van der Waals surface area contributed by atoms with E-state index in [0.29, 0.717) is 18.7 Å².